The smallest absolute Gasteiger partial charge is 0.262 e. The van der Waals surface area contributed by atoms with Gasteiger partial charge in [0.2, 0.25) is 0 Å². The normalized spacial score (nSPS) is 11.1. The van der Waals surface area contributed by atoms with Gasteiger partial charge in [0, 0.05) is 0 Å². The molecule has 2 rings (SSSR count). The van der Waals surface area contributed by atoms with Crippen molar-refractivity contribution in [2.75, 3.05) is 17.6 Å². The van der Waals surface area contributed by atoms with Crippen molar-refractivity contribution in [1.82, 2.24) is 0 Å². The van der Waals surface area contributed by atoms with Crippen molar-refractivity contribution in [1.29, 1.82) is 0 Å². The zero-order chi connectivity index (χ0) is 14.8. The lowest BCUT2D eigenvalue weighted by atomic mass is 10.3. The van der Waals surface area contributed by atoms with Crippen LogP contribution in [0.1, 0.15) is 0 Å². The number of halogens is 1. The molecule has 0 aliphatic rings. The monoisotopic (exact) mass is 356 g/mol. The Morgan fingerprint density at radius 2 is 1.90 bits per heavy atom. The van der Waals surface area contributed by atoms with Crippen LogP contribution in [-0.4, -0.2) is 15.5 Å². The summed E-state index contributed by atoms with van der Waals surface area (Å²) in [5, 5.41) is 0. The molecule has 0 amide bonds. The van der Waals surface area contributed by atoms with Crippen molar-refractivity contribution < 1.29 is 13.2 Å². The third-order valence-electron chi connectivity index (χ3n) is 2.64. The van der Waals surface area contributed by atoms with Gasteiger partial charge in [0.15, 0.2) is 0 Å². The minimum absolute atomic E-state index is 0.119. The van der Waals surface area contributed by atoms with Crippen LogP contribution in [-0.2, 0) is 10.0 Å². The predicted octanol–water partition coefficient (Wildman–Crippen LogP) is 2.84. The van der Waals surface area contributed by atoms with Crippen molar-refractivity contribution in [3.05, 3.63) is 46.9 Å². The van der Waals surface area contributed by atoms with E-state index in [1.807, 2.05) is 0 Å². The molecule has 0 saturated heterocycles. The Kier molecular flexibility index (Phi) is 4.20. The van der Waals surface area contributed by atoms with E-state index >= 15 is 0 Å². The first-order chi connectivity index (χ1) is 9.44. The minimum atomic E-state index is -3.70. The van der Waals surface area contributed by atoms with Gasteiger partial charge in [0.05, 0.1) is 27.9 Å². The lowest BCUT2D eigenvalue weighted by Gasteiger charge is -2.11. The molecule has 20 heavy (non-hydrogen) atoms. The van der Waals surface area contributed by atoms with Gasteiger partial charge in [0.1, 0.15) is 5.75 Å². The number of methoxy groups -OCH3 is 1. The number of hydrogen-bond acceptors (Lipinski definition) is 4. The summed E-state index contributed by atoms with van der Waals surface area (Å²) in [7, 11) is -2.19. The molecule has 0 spiro atoms. The van der Waals surface area contributed by atoms with Crippen molar-refractivity contribution in [2.24, 2.45) is 0 Å². The second-order valence-electron chi connectivity index (χ2n) is 3.99. The first-order valence-electron chi connectivity index (χ1n) is 5.65. The molecular weight excluding hydrogens is 344 g/mol. The maximum Gasteiger partial charge on any atom is 0.262 e. The summed E-state index contributed by atoms with van der Waals surface area (Å²) in [5.41, 5.74) is 6.44. The standard InChI is InChI=1S/C13H13BrN2O3S/c1-19-13-7-6-9(8-10(13)14)20(17,18)16-12-5-3-2-4-11(12)15/h2-8,16H,15H2,1H3. The van der Waals surface area contributed by atoms with E-state index in [0.717, 1.165) is 0 Å². The van der Waals surface area contributed by atoms with Crippen LogP contribution in [0.5, 0.6) is 5.75 Å². The van der Waals surface area contributed by atoms with Crippen LogP contribution in [0.25, 0.3) is 0 Å². The van der Waals surface area contributed by atoms with Gasteiger partial charge in [0.25, 0.3) is 10.0 Å². The number of nitrogens with two attached hydrogens (primary N) is 1. The first kappa shape index (κ1) is 14.7. The molecule has 2 aromatic carbocycles. The van der Waals surface area contributed by atoms with Crippen LogP contribution in [0.4, 0.5) is 11.4 Å². The molecule has 0 fully saturated rings. The molecule has 0 bridgehead atoms. The highest BCUT2D eigenvalue weighted by molar-refractivity contribution is 9.10. The topological polar surface area (TPSA) is 81.4 Å². The lowest BCUT2D eigenvalue weighted by Crippen LogP contribution is -2.14. The van der Waals surface area contributed by atoms with Gasteiger partial charge in [-0.15, -0.1) is 0 Å². The highest BCUT2D eigenvalue weighted by Gasteiger charge is 2.17. The number of para-hydroxylation sites is 2. The number of ether oxygens (including phenoxy) is 1. The number of hydrogen-bond donors (Lipinski definition) is 2. The lowest BCUT2D eigenvalue weighted by molar-refractivity contribution is 0.411. The molecule has 7 heteroatoms. The molecule has 0 saturated carbocycles. The summed E-state index contributed by atoms with van der Waals surface area (Å²) in [4.78, 5) is 0.119. The fraction of sp³-hybridized carbons (Fsp3) is 0.0769. The zero-order valence-electron chi connectivity index (χ0n) is 10.6. The van der Waals surface area contributed by atoms with Crippen LogP contribution < -0.4 is 15.2 Å². The summed E-state index contributed by atoms with van der Waals surface area (Å²) in [6.07, 6.45) is 0. The van der Waals surface area contributed by atoms with E-state index in [-0.39, 0.29) is 4.90 Å². The van der Waals surface area contributed by atoms with E-state index in [2.05, 4.69) is 20.7 Å². The third kappa shape index (κ3) is 3.05. The third-order valence-corrected chi connectivity index (χ3v) is 4.62. The summed E-state index contributed by atoms with van der Waals surface area (Å²) < 4.78 is 32.6. The molecule has 5 nitrogen and oxygen atoms in total. The van der Waals surface area contributed by atoms with E-state index in [1.165, 1.54) is 19.2 Å². The Bertz CT molecular complexity index is 732. The van der Waals surface area contributed by atoms with Crippen LogP contribution in [0, 0.1) is 0 Å². The minimum Gasteiger partial charge on any atom is -0.496 e. The van der Waals surface area contributed by atoms with Crippen molar-refractivity contribution in [3.8, 4) is 5.75 Å². The van der Waals surface area contributed by atoms with Crippen LogP contribution in [0.15, 0.2) is 51.8 Å². The molecule has 0 aliphatic carbocycles. The summed E-state index contributed by atoms with van der Waals surface area (Å²) >= 11 is 3.26. The van der Waals surface area contributed by atoms with Crippen LogP contribution >= 0.6 is 15.9 Å². The zero-order valence-corrected chi connectivity index (χ0v) is 13.0. The Balaban J connectivity index is 2.36. The molecule has 3 N–H and O–H groups in total. The second kappa shape index (κ2) is 5.72. The van der Waals surface area contributed by atoms with Gasteiger partial charge in [-0.1, -0.05) is 12.1 Å². The van der Waals surface area contributed by atoms with E-state index in [9.17, 15) is 8.42 Å². The molecule has 0 aliphatic heterocycles. The number of nitrogens with one attached hydrogen (secondary N) is 1. The predicted molar refractivity (Wildman–Crippen MR) is 82.4 cm³/mol. The molecule has 106 valence electrons. The van der Waals surface area contributed by atoms with Gasteiger partial charge in [-0.3, -0.25) is 4.72 Å². The Hall–Kier alpha value is -1.73. The average molecular weight is 357 g/mol. The number of benzene rings is 2. The van der Waals surface area contributed by atoms with Gasteiger partial charge < -0.3 is 10.5 Å². The highest BCUT2D eigenvalue weighted by atomic mass is 79.9. The fourth-order valence-electron chi connectivity index (χ4n) is 1.61. The molecular formula is C13H13BrN2O3S. The maximum atomic E-state index is 12.3. The number of sulfonamides is 1. The SMILES string of the molecule is COc1ccc(S(=O)(=O)Nc2ccccc2N)cc1Br. The largest absolute Gasteiger partial charge is 0.496 e. The van der Waals surface area contributed by atoms with Crippen molar-refractivity contribution >= 4 is 37.3 Å². The Morgan fingerprint density at radius 1 is 1.20 bits per heavy atom. The summed E-state index contributed by atoms with van der Waals surface area (Å²) in [6, 6.07) is 11.2. The molecule has 0 heterocycles. The van der Waals surface area contributed by atoms with Crippen molar-refractivity contribution in [3.63, 3.8) is 0 Å². The molecule has 0 unspecified atom stereocenters. The van der Waals surface area contributed by atoms with Gasteiger partial charge in [-0.05, 0) is 46.3 Å². The fourth-order valence-corrected chi connectivity index (χ4v) is 3.41. The molecule has 2 aromatic rings. The summed E-state index contributed by atoms with van der Waals surface area (Å²) in [5.74, 6) is 0.558. The van der Waals surface area contributed by atoms with Gasteiger partial charge in [-0.25, -0.2) is 8.42 Å². The molecule has 0 radical (unpaired) electrons. The van der Waals surface area contributed by atoms with Crippen molar-refractivity contribution in [2.45, 2.75) is 4.90 Å². The molecule has 0 atom stereocenters. The van der Waals surface area contributed by atoms with Gasteiger partial charge in [-0.2, -0.15) is 0 Å². The summed E-state index contributed by atoms with van der Waals surface area (Å²) in [6.45, 7) is 0. The number of anilines is 2. The van der Waals surface area contributed by atoms with Crippen LogP contribution in [0.2, 0.25) is 0 Å². The first-order valence-corrected chi connectivity index (χ1v) is 7.92. The quantitative estimate of drug-likeness (QED) is 0.825. The average Bonchev–Trinajstić information content (AvgIpc) is 2.41. The van der Waals surface area contributed by atoms with E-state index in [4.69, 9.17) is 10.5 Å². The maximum absolute atomic E-state index is 12.3. The second-order valence-corrected chi connectivity index (χ2v) is 6.53. The number of rotatable bonds is 4. The van der Waals surface area contributed by atoms with Crippen LogP contribution in [0.3, 0.4) is 0 Å². The Labute approximate surface area is 125 Å². The van der Waals surface area contributed by atoms with E-state index in [1.54, 1.807) is 30.3 Å². The van der Waals surface area contributed by atoms with E-state index in [0.29, 0.717) is 21.6 Å². The Morgan fingerprint density at radius 3 is 2.50 bits per heavy atom. The molecule has 0 aromatic heterocycles. The highest BCUT2D eigenvalue weighted by Crippen LogP contribution is 2.29. The van der Waals surface area contributed by atoms with E-state index < -0.39 is 10.0 Å². The number of nitrogen functional groups attached to an aromatic ring is 1. The van der Waals surface area contributed by atoms with Gasteiger partial charge >= 0.3 is 0 Å².